The Morgan fingerprint density at radius 3 is 3.00 bits per heavy atom. The van der Waals surface area contributed by atoms with Crippen molar-refractivity contribution in [3.63, 3.8) is 0 Å². The fourth-order valence-electron chi connectivity index (χ4n) is 1.87. The maximum Gasteiger partial charge on any atom is 0.336 e. The Hall–Kier alpha value is -2.07. The molecule has 4 heteroatoms. The second kappa shape index (κ2) is 5.06. The van der Waals surface area contributed by atoms with Gasteiger partial charge in [-0.15, -0.1) is 6.58 Å². The summed E-state index contributed by atoms with van der Waals surface area (Å²) in [6.45, 7) is 6.56. The number of rotatable bonds is 4. The van der Waals surface area contributed by atoms with E-state index in [-0.39, 0.29) is 5.75 Å². The lowest BCUT2D eigenvalue weighted by Crippen LogP contribution is -2.14. The van der Waals surface area contributed by atoms with Crippen molar-refractivity contribution in [3.8, 4) is 5.75 Å². The lowest BCUT2D eigenvalue weighted by Gasteiger charge is -2.08. The average Bonchev–Trinajstić information content (AvgIpc) is 2.34. The monoisotopic (exact) mass is 245 g/mol. The van der Waals surface area contributed by atoms with Crippen LogP contribution in [0.4, 0.5) is 0 Å². The van der Waals surface area contributed by atoms with Gasteiger partial charge < -0.3 is 14.8 Å². The highest BCUT2D eigenvalue weighted by molar-refractivity contribution is 5.84. The first-order chi connectivity index (χ1) is 8.63. The molecule has 0 saturated heterocycles. The third kappa shape index (κ3) is 2.28. The minimum absolute atomic E-state index is 0.127. The van der Waals surface area contributed by atoms with E-state index in [1.54, 1.807) is 25.1 Å². The number of benzene rings is 1. The smallest absolute Gasteiger partial charge is 0.336 e. The molecule has 0 atom stereocenters. The van der Waals surface area contributed by atoms with Gasteiger partial charge >= 0.3 is 5.63 Å². The van der Waals surface area contributed by atoms with Crippen molar-refractivity contribution in [2.45, 2.75) is 13.5 Å². The molecule has 1 aromatic carbocycles. The minimum atomic E-state index is -0.411. The standard InChI is InChI=1S/C14H15NO3/c1-3-6-15-8-10-7-13(17)18-14-9(2)12(16)5-4-11(10)14/h3-5,7,15-16H,1,6,8H2,2H3. The zero-order valence-corrected chi connectivity index (χ0v) is 10.2. The third-order valence-electron chi connectivity index (χ3n) is 2.82. The van der Waals surface area contributed by atoms with Crippen LogP contribution in [-0.2, 0) is 6.54 Å². The van der Waals surface area contributed by atoms with E-state index in [0.717, 1.165) is 10.9 Å². The molecule has 94 valence electrons. The van der Waals surface area contributed by atoms with E-state index in [4.69, 9.17) is 4.42 Å². The average molecular weight is 245 g/mol. The zero-order chi connectivity index (χ0) is 13.1. The highest BCUT2D eigenvalue weighted by Gasteiger charge is 2.10. The molecule has 0 unspecified atom stereocenters. The van der Waals surface area contributed by atoms with E-state index in [2.05, 4.69) is 11.9 Å². The molecule has 0 aliphatic rings. The van der Waals surface area contributed by atoms with E-state index < -0.39 is 5.63 Å². The molecular weight excluding hydrogens is 230 g/mol. The van der Waals surface area contributed by atoms with Gasteiger partial charge in [-0.3, -0.25) is 0 Å². The van der Waals surface area contributed by atoms with Crippen LogP contribution in [0, 0.1) is 6.92 Å². The highest BCUT2D eigenvalue weighted by Crippen LogP contribution is 2.27. The fourth-order valence-corrected chi connectivity index (χ4v) is 1.87. The Balaban J connectivity index is 2.56. The Kier molecular flexibility index (Phi) is 3.48. The predicted molar refractivity (Wildman–Crippen MR) is 70.8 cm³/mol. The van der Waals surface area contributed by atoms with Gasteiger partial charge in [0.2, 0.25) is 0 Å². The quantitative estimate of drug-likeness (QED) is 0.492. The second-order valence-corrected chi connectivity index (χ2v) is 4.10. The van der Waals surface area contributed by atoms with Crippen molar-refractivity contribution in [1.29, 1.82) is 0 Å². The minimum Gasteiger partial charge on any atom is -0.508 e. The number of aryl methyl sites for hydroxylation is 1. The van der Waals surface area contributed by atoms with E-state index in [9.17, 15) is 9.90 Å². The molecule has 0 bridgehead atoms. The third-order valence-corrected chi connectivity index (χ3v) is 2.82. The van der Waals surface area contributed by atoms with Crippen LogP contribution in [0.25, 0.3) is 11.0 Å². The van der Waals surface area contributed by atoms with Crippen molar-refractivity contribution in [2.75, 3.05) is 6.54 Å². The number of fused-ring (bicyclic) bond motifs is 1. The van der Waals surface area contributed by atoms with Crippen molar-refractivity contribution >= 4 is 11.0 Å². The van der Waals surface area contributed by atoms with E-state index in [0.29, 0.717) is 24.2 Å². The molecule has 0 radical (unpaired) electrons. The van der Waals surface area contributed by atoms with Crippen molar-refractivity contribution in [1.82, 2.24) is 5.32 Å². The second-order valence-electron chi connectivity index (χ2n) is 4.10. The van der Waals surface area contributed by atoms with Gasteiger partial charge in [0.1, 0.15) is 11.3 Å². The zero-order valence-electron chi connectivity index (χ0n) is 10.2. The van der Waals surface area contributed by atoms with Gasteiger partial charge in [0.05, 0.1) is 0 Å². The van der Waals surface area contributed by atoms with Crippen LogP contribution in [0.1, 0.15) is 11.1 Å². The summed E-state index contributed by atoms with van der Waals surface area (Å²) in [5, 5.41) is 13.6. The van der Waals surface area contributed by atoms with Gasteiger partial charge in [0, 0.05) is 30.1 Å². The molecule has 1 heterocycles. The molecule has 0 aliphatic heterocycles. The van der Waals surface area contributed by atoms with E-state index in [1.165, 1.54) is 6.07 Å². The summed E-state index contributed by atoms with van der Waals surface area (Å²) >= 11 is 0. The van der Waals surface area contributed by atoms with Gasteiger partial charge in [-0.05, 0) is 24.6 Å². The number of aromatic hydroxyl groups is 1. The first-order valence-electron chi connectivity index (χ1n) is 5.70. The summed E-state index contributed by atoms with van der Waals surface area (Å²) in [5.74, 6) is 0.127. The molecule has 0 amide bonds. The van der Waals surface area contributed by atoms with Crippen molar-refractivity contribution in [2.24, 2.45) is 0 Å². The van der Waals surface area contributed by atoms with Gasteiger partial charge in [-0.25, -0.2) is 4.79 Å². The molecule has 1 aromatic heterocycles. The number of phenolic OH excluding ortho intramolecular Hbond substituents is 1. The van der Waals surface area contributed by atoms with Gasteiger partial charge in [0.15, 0.2) is 0 Å². The van der Waals surface area contributed by atoms with E-state index >= 15 is 0 Å². The summed E-state index contributed by atoms with van der Waals surface area (Å²) in [6, 6.07) is 4.83. The molecule has 2 N–H and O–H groups in total. The summed E-state index contributed by atoms with van der Waals surface area (Å²) in [6.07, 6.45) is 1.75. The number of hydrogen-bond donors (Lipinski definition) is 2. The SMILES string of the molecule is C=CCNCc1cc(=O)oc2c(C)c(O)ccc12. The Morgan fingerprint density at radius 2 is 2.28 bits per heavy atom. The van der Waals surface area contributed by atoms with Crippen LogP contribution in [0.15, 0.2) is 40.1 Å². The van der Waals surface area contributed by atoms with Crippen LogP contribution in [0.3, 0.4) is 0 Å². The van der Waals surface area contributed by atoms with Crippen LogP contribution in [-0.4, -0.2) is 11.7 Å². The first-order valence-corrected chi connectivity index (χ1v) is 5.70. The van der Waals surface area contributed by atoms with Gasteiger partial charge in [-0.1, -0.05) is 6.08 Å². The van der Waals surface area contributed by atoms with Gasteiger partial charge in [0.25, 0.3) is 0 Å². The lowest BCUT2D eigenvalue weighted by molar-refractivity contribution is 0.468. The van der Waals surface area contributed by atoms with Crippen LogP contribution < -0.4 is 10.9 Å². The normalized spacial score (nSPS) is 10.7. The molecule has 0 spiro atoms. The Labute approximate surface area is 105 Å². The maximum absolute atomic E-state index is 11.5. The van der Waals surface area contributed by atoms with E-state index in [1.807, 2.05) is 0 Å². The largest absolute Gasteiger partial charge is 0.508 e. The van der Waals surface area contributed by atoms with Gasteiger partial charge in [-0.2, -0.15) is 0 Å². The predicted octanol–water partition coefficient (Wildman–Crippen LogP) is 2.08. The first kappa shape index (κ1) is 12.4. The molecule has 18 heavy (non-hydrogen) atoms. The summed E-state index contributed by atoms with van der Waals surface area (Å²) < 4.78 is 5.16. The Morgan fingerprint density at radius 1 is 1.50 bits per heavy atom. The summed E-state index contributed by atoms with van der Waals surface area (Å²) in [4.78, 5) is 11.5. The fraction of sp³-hybridized carbons (Fsp3) is 0.214. The molecule has 0 fully saturated rings. The topological polar surface area (TPSA) is 62.5 Å². The molecule has 4 nitrogen and oxygen atoms in total. The van der Waals surface area contributed by atoms with Crippen molar-refractivity contribution in [3.05, 3.63) is 52.4 Å². The lowest BCUT2D eigenvalue weighted by atomic mass is 10.1. The number of hydrogen-bond acceptors (Lipinski definition) is 4. The molecule has 2 rings (SSSR count). The molecule has 2 aromatic rings. The maximum atomic E-state index is 11.5. The molecule has 0 saturated carbocycles. The number of phenols is 1. The Bertz CT molecular complexity index is 643. The summed E-state index contributed by atoms with van der Waals surface area (Å²) in [5.41, 5.74) is 1.46. The van der Waals surface area contributed by atoms with Crippen LogP contribution in [0.5, 0.6) is 5.75 Å². The number of nitrogens with one attached hydrogen (secondary N) is 1. The summed E-state index contributed by atoms with van der Waals surface area (Å²) in [7, 11) is 0. The van der Waals surface area contributed by atoms with Crippen molar-refractivity contribution < 1.29 is 9.52 Å². The highest BCUT2D eigenvalue weighted by atomic mass is 16.4. The van der Waals surface area contributed by atoms with Crippen LogP contribution >= 0.6 is 0 Å². The van der Waals surface area contributed by atoms with Crippen LogP contribution in [0.2, 0.25) is 0 Å². The molecular formula is C14H15NO3. The molecule has 0 aliphatic carbocycles.